The van der Waals surface area contributed by atoms with Crippen LogP contribution < -0.4 is 10.5 Å². The van der Waals surface area contributed by atoms with Crippen LogP contribution in [0, 0.1) is 0 Å². The topological polar surface area (TPSA) is 50.5 Å². The summed E-state index contributed by atoms with van der Waals surface area (Å²) in [5, 5.41) is 0.726. The van der Waals surface area contributed by atoms with Gasteiger partial charge in [-0.15, -0.1) is 0 Å². The predicted octanol–water partition coefficient (Wildman–Crippen LogP) is 3.76. The van der Waals surface area contributed by atoms with Crippen LogP contribution in [0.25, 0.3) is 17.0 Å². The third kappa shape index (κ3) is 3.27. The minimum atomic E-state index is -0.619. The van der Waals surface area contributed by atoms with E-state index < -0.39 is 5.63 Å². The van der Waals surface area contributed by atoms with E-state index in [9.17, 15) is 9.59 Å². The van der Waals surface area contributed by atoms with Gasteiger partial charge in [0.05, 0.1) is 0 Å². The lowest BCUT2D eigenvalue weighted by molar-refractivity contribution is 0.104. The van der Waals surface area contributed by atoms with Crippen LogP contribution in [0.4, 0.5) is 5.69 Å². The van der Waals surface area contributed by atoms with E-state index in [4.69, 9.17) is 4.42 Å². The molecule has 0 fully saturated rings. The molecule has 4 nitrogen and oxygen atoms in total. The van der Waals surface area contributed by atoms with Gasteiger partial charge in [0.15, 0.2) is 5.78 Å². The standard InChI is InChI=1S/C20H17NO3/c1-21(2)16-10-7-14(8-11-16)9-12-18(22)17-13-15-5-3-4-6-19(15)24-20(17)23/h3-13H,1-2H3. The van der Waals surface area contributed by atoms with E-state index in [2.05, 4.69) is 0 Å². The summed E-state index contributed by atoms with van der Waals surface area (Å²) in [6.07, 6.45) is 3.09. The van der Waals surface area contributed by atoms with Crippen molar-refractivity contribution in [3.8, 4) is 0 Å². The van der Waals surface area contributed by atoms with Gasteiger partial charge in [-0.3, -0.25) is 4.79 Å². The van der Waals surface area contributed by atoms with Crippen molar-refractivity contribution in [3.63, 3.8) is 0 Å². The lowest BCUT2D eigenvalue weighted by Gasteiger charge is -2.11. The summed E-state index contributed by atoms with van der Waals surface area (Å²) < 4.78 is 5.19. The molecular weight excluding hydrogens is 302 g/mol. The number of ketones is 1. The summed E-state index contributed by atoms with van der Waals surface area (Å²) in [5.41, 5.74) is 1.86. The van der Waals surface area contributed by atoms with Gasteiger partial charge < -0.3 is 9.32 Å². The van der Waals surface area contributed by atoms with Crippen molar-refractivity contribution < 1.29 is 9.21 Å². The molecule has 3 aromatic rings. The number of fused-ring (bicyclic) bond motifs is 1. The zero-order chi connectivity index (χ0) is 17.1. The van der Waals surface area contributed by atoms with Gasteiger partial charge in [0, 0.05) is 25.2 Å². The van der Waals surface area contributed by atoms with E-state index in [-0.39, 0.29) is 11.3 Å². The van der Waals surface area contributed by atoms with Crippen molar-refractivity contribution in [1.29, 1.82) is 0 Å². The minimum Gasteiger partial charge on any atom is -0.422 e. The molecule has 2 aromatic carbocycles. The number of hydrogen-bond donors (Lipinski definition) is 0. The van der Waals surface area contributed by atoms with Crippen molar-refractivity contribution in [3.05, 3.63) is 82.2 Å². The van der Waals surface area contributed by atoms with Crippen molar-refractivity contribution >= 4 is 28.5 Å². The zero-order valence-corrected chi connectivity index (χ0v) is 13.5. The Kier molecular flexibility index (Phi) is 4.29. The molecule has 0 radical (unpaired) electrons. The van der Waals surface area contributed by atoms with Crippen LogP contribution in [0.1, 0.15) is 15.9 Å². The van der Waals surface area contributed by atoms with Crippen LogP contribution in [0.5, 0.6) is 0 Å². The average molecular weight is 319 g/mol. The molecule has 0 saturated carbocycles. The Morgan fingerprint density at radius 2 is 1.75 bits per heavy atom. The molecule has 3 rings (SSSR count). The first kappa shape index (κ1) is 15.7. The molecule has 24 heavy (non-hydrogen) atoms. The highest BCUT2D eigenvalue weighted by Crippen LogP contribution is 2.15. The summed E-state index contributed by atoms with van der Waals surface area (Å²) in [7, 11) is 3.93. The third-order valence-electron chi connectivity index (χ3n) is 3.74. The number of hydrogen-bond acceptors (Lipinski definition) is 4. The van der Waals surface area contributed by atoms with Gasteiger partial charge in [0.2, 0.25) is 0 Å². The lowest BCUT2D eigenvalue weighted by atomic mass is 10.1. The Hall–Kier alpha value is -3.14. The molecule has 0 aliphatic carbocycles. The highest BCUT2D eigenvalue weighted by atomic mass is 16.4. The smallest absolute Gasteiger partial charge is 0.347 e. The number of carbonyl (C=O) groups excluding carboxylic acids is 1. The maximum Gasteiger partial charge on any atom is 0.347 e. The van der Waals surface area contributed by atoms with Crippen molar-refractivity contribution in [2.24, 2.45) is 0 Å². The van der Waals surface area contributed by atoms with Crippen LogP contribution in [0.15, 0.2) is 69.9 Å². The van der Waals surface area contributed by atoms with Gasteiger partial charge in [-0.1, -0.05) is 36.4 Å². The SMILES string of the molecule is CN(C)c1ccc(C=CC(=O)c2cc3ccccc3oc2=O)cc1. The highest BCUT2D eigenvalue weighted by molar-refractivity contribution is 6.07. The fraction of sp³-hybridized carbons (Fsp3) is 0.100. The Bertz CT molecular complexity index is 966. The first-order valence-electron chi connectivity index (χ1n) is 7.57. The van der Waals surface area contributed by atoms with Gasteiger partial charge in [-0.25, -0.2) is 4.79 Å². The van der Waals surface area contributed by atoms with E-state index in [0.717, 1.165) is 16.6 Å². The molecule has 0 aliphatic rings. The Balaban J connectivity index is 1.86. The van der Waals surface area contributed by atoms with E-state index in [1.54, 1.807) is 30.3 Å². The van der Waals surface area contributed by atoms with Gasteiger partial charge in [0.25, 0.3) is 0 Å². The molecule has 4 heteroatoms. The maximum absolute atomic E-state index is 12.3. The second-order valence-electron chi connectivity index (χ2n) is 5.67. The molecule has 0 bridgehead atoms. The van der Waals surface area contributed by atoms with E-state index in [0.29, 0.717) is 5.58 Å². The summed E-state index contributed by atoms with van der Waals surface area (Å²) in [4.78, 5) is 26.3. The van der Waals surface area contributed by atoms with Crippen LogP contribution in [0.3, 0.4) is 0 Å². The number of nitrogens with zero attached hydrogens (tertiary/aromatic N) is 1. The van der Waals surface area contributed by atoms with Crippen LogP contribution in [0.2, 0.25) is 0 Å². The van der Waals surface area contributed by atoms with Crippen LogP contribution in [-0.2, 0) is 0 Å². The molecule has 1 aromatic heterocycles. The number of anilines is 1. The third-order valence-corrected chi connectivity index (χ3v) is 3.74. The molecule has 0 N–H and O–H groups in total. The fourth-order valence-corrected chi connectivity index (χ4v) is 2.38. The van der Waals surface area contributed by atoms with Gasteiger partial charge in [-0.05, 0) is 35.9 Å². The highest BCUT2D eigenvalue weighted by Gasteiger charge is 2.10. The first-order valence-corrected chi connectivity index (χ1v) is 7.57. The predicted molar refractivity (Wildman–Crippen MR) is 96.6 cm³/mol. The molecule has 1 heterocycles. The normalized spacial score (nSPS) is 11.1. The zero-order valence-electron chi connectivity index (χ0n) is 13.5. The molecule has 0 aliphatic heterocycles. The monoisotopic (exact) mass is 319 g/mol. The van der Waals surface area contributed by atoms with E-state index in [1.165, 1.54) is 6.08 Å². The minimum absolute atomic E-state index is 0.0369. The second kappa shape index (κ2) is 6.54. The quantitative estimate of drug-likeness (QED) is 0.417. The molecule has 0 amide bonds. The number of rotatable bonds is 4. The second-order valence-corrected chi connectivity index (χ2v) is 5.67. The molecule has 0 atom stereocenters. The van der Waals surface area contributed by atoms with Crippen molar-refractivity contribution in [2.45, 2.75) is 0 Å². The van der Waals surface area contributed by atoms with Crippen molar-refractivity contribution in [1.82, 2.24) is 0 Å². The molecule has 120 valence electrons. The van der Waals surface area contributed by atoms with Crippen molar-refractivity contribution in [2.75, 3.05) is 19.0 Å². The number of para-hydroxylation sites is 1. The molecule has 0 saturated heterocycles. The number of carbonyl (C=O) groups is 1. The average Bonchev–Trinajstić information content (AvgIpc) is 2.59. The maximum atomic E-state index is 12.3. The number of benzene rings is 2. The Labute approximate surface area is 139 Å². The van der Waals surface area contributed by atoms with Gasteiger partial charge >= 0.3 is 5.63 Å². The summed E-state index contributed by atoms with van der Waals surface area (Å²) >= 11 is 0. The van der Waals surface area contributed by atoms with E-state index >= 15 is 0 Å². The van der Waals surface area contributed by atoms with Gasteiger partial charge in [-0.2, -0.15) is 0 Å². The first-order chi connectivity index (χ1) is 11.5. The van der Waals surface area contributed by atoms with Crippen LogP contribution >= 0.6 is 0 Å². The molecular formula is C20H17NO3. The van der Waals surface area contributed by atoms with E-state index in [1.807, 2.05) is 49.3 Å². The molecule has 0 spiro atoms. The summed E-state index contributed by atoms with van der Waals surface area (Å²) in [5.74, 6) is -0.369. The summed E-state index contributed by atoms with van der Waals surface area (Å²) in [6.45, 7) is 0. The van der Waals surface area contributed by atoms with Crippen LogP contribution in [-0.4, -0.2) is 19.9 Å². The summed E-state index contributed by atoms with van der Waals surface area (Å²) in [6, 6.07) is 16.5. The largest absolute Gasteiger partial charge is 0.422 e. The lowest BCUT2D eigenvalue weighted by Crippen LogP contribution is -2.11. The Morgan fingerprint density at radius 1 is 1.04 bits per heavy atom. The number of allylic oxidation sites excluding steroid dienone is 1. The Morgan fingerprint density at radius 3 is 2.46 bits per heavy atom. The molecule has 0 unspecified atom stereocenters. The van der Waals surface area contributed by atoms with Gasteiger partial charge in [0.1, 0.15) is 11.1 Å². The fourth-order valence-electron chi connectivity index (χ4n) is 2.38.